The molecule has 0 radical (unpaired) electrons. The molecule has 0 aliphatic heterocycles. The van der Waals surface area contributed by atoms with Gasteiger partial charge in [-0.15, -0.1) is 0 Å². The molecular formula is C30H29N5O2S. The van der Waals surface area contributed by atoms with Crippen LogP contribution in [-0.2, 0) is 5.41 Å². The summed E-state index contributed by atoms with van der Waals surface area (Å²) in [6.07, 6.45) is 1.73. The van der Waals surface area contributed by atoms with Gasteiger partial charge in [0.05, 0.1) is 23.7 Å². The van der Waals surface area contributed by atoms with Crippen molar-refractivity contribution in [2.24, 2.45) is 0 Å². The van der Waals surface area contributed by atoms with Gasteiger partial charge < -0.3 is 15.2 Å². The summed E-state index contributed by atoms with van der Waals surface area (Å²) < 4.78 is 10.3. The second-order valence-corrected chi connectivity index (χ2v) is 10.8. The number of ether oxygens (including phenoxy) is 1. The number of rotatable bonds is 6. The fourth-order valence-electron chi connectivity index (χ4n) is 4.19. The van der Waals surface area contributed by atoms with E-state index in [1.54, 1.807) is 13.3 Å². The van der Waals surface area contributed by atoms with Gasteiger partial charge in [-0.3, -0.25) is 4.79 Å². The quantitative estimate of drug-likeness (QED) is 0.247. The molecule has 8 heteroatoms. The first-order valence-electron chi connectivity index (χ1n) is 12.2. The number of hydrogen-bond acceptors (Lipinski definition) is 7. The second kappa shape index (κ2) is 10.2. The van der Waals surface area contributed by atoms with Crippen LogP contribution in [0.2, 0.25) is 0 Å². The average Bonchev–Trinajstić information content (AvgIpc) is 2.92. The third-order valence-electron chi connectivity index (χ3n) is 6.27. The molecule has 0 aliphatic carbocycles. The summed E-state index contributed by atoms with van der Waals surface area (Å²) in [7, 11) is 1.59. The lowest BCUT2D eigenvalue weighted by Gasteiger charge is -2.19. The fourth-order valence-corrected chi connectivity index (χ4v) is 4.90. The first-order valence-corrected chi connectivity index (χ1v) is 13.0. The molecule has 5 rings (SSSR count). The number of nitrogens with one attached hydrogen (secondary N) is 1. The topological polar surface area (TPSA) is 95.1 Å². The zero-order valence-corrected chi connectivity index (χ0v) is 22.5. The lowest BCUT2D eigenvalue weighted by molar-refractivity contribution is 0.400. The number of nitrogen functional groups attached to an aromatic ring is 1. The first-order chi connectivity index (χ1) is 18.2. The van der Waals surface area contributed by atoms with Crippen LogP contribution in [0.25, 0.3) is 27.7 Å². The Bertz CT molecular complexity index is 1680. The van der Waals surface area contributed by atoms with Crippen molar-refractivity contribution in [1.29, 1.82) is 0 Å². The number of nitrogens with two attached hydrogens (primary N) is 1. The molecular weight excluding hydrogens is 494 g/mol. The molecule has 0 unspecified atom stereocenters. The van der Waals surface area contributed by atoms with Crippen LogP contribution in [0.1, 0.15) is 26.3 Å². The lowest BCUT2D eigenvalue weighted by atomic mass is 9.87. The zero-order valence-electron chi connectivity index (χ0n) is 21.7. The van der Waals surface area contributed by atoms with E-state index in [1.165, 1.54) is 22.1 Å². The van der Waals surface area contributed by atoms with Gasteiger partial charge in [0, 0.05) is 16.7 Å². The monoisotopic (exact) mass is 523 g/mol. The Morgan fingerprint density at radius 1 is 0.947 bits per heavy atom. The normalized spacial score (nSPS) is 11.5. The van der Waals surface area contributed by atoms with Gasteiger partial charge in [0.2, 0.25) is 11.8 Å². The maximum Gasteiger partial charge on any atom is 0.267 e. The predicted octanol–water partition coefficient (Wildman–Crippen LogP) is 6.46. The molecule has 0 spiro atoms. The van der Waals surface area contributed by atoms with Crippen molar-refractivity contribution >= 4 is 34.5 Å². The molecule has 3 aromatic carbocycles. The number of para-hydroxylation sites is 1. The summed E-state index contributed by atoms with van der Waals surface area (Å²) in [5.74, 6) is 0.626. The van der Waals surface area contributed by atoms with Gasteiger partial charge in [-0.1, -0.05) is 57.2 Å². The summed E-state index contributed by atoms with van der Waals surface area (Å²) in [4.78, 5) is 23.5. The molecule has 0 fully saturated rings. The predicted molar refractivity (Wildman–Crippen MR) is 156 cm³/mol. The van der Waals surface area contributed by atoms with Gasteiger partial charge in [-0.05, 0) is 71.0 Å². The Morgan fingerprint density at radius 2 is 1.74 bits per heavy atom. The molecule has 2 aromatic heterocycles. The van der Waals surface area contributed by atoms with Crippen LogP contribution < -0.4 is 20.8 Å². The number of aromatic nitrogens is 3. The van der Waals surface area contributed by atoms with E-state index in [9.17, 15) is 4.79 Å². The molecule has 0 saturated carbocycles. The molecule has 192 valence electrons. The molecule has 0 bridgehead atoms. The second-order valence-electron chi connectivity index (χ2n) is 9.94. The summed E-state index contributed by atoms with van der Waals surface area (Å²) in [5.41, 5.74) is 10.8. The van der Waals surface area contributed by atoms with Gasteiger partial charge in [0.25, 0.3) is 5.56 Å². The van der Waals surface area contributed by atoms with Crippen molar-refractivity contribution in [1.82, 2.24) is 14.5 Å². The number of benzene rings is 3. The zero-order chi connectivity index (χ0) is 26.9. The minimum atomic E-state index is -0.227. The van der Waals surface area contributed by atoms with Crippen LogP contribution in [0.3, 0.4) is 0 Å². The third kappa shape index (κ3) is 5.08. The highest BCUT2D eigenvalue weighted by molar-refractivity contribution is 8.00. The fraction of sp³-hybridized carbons (Fsp3) is 0.167. The van der Waals surface area contributed by atoms with Crippen LogP contribution in [0.15, 0.2) is 94.7 Å². The van der Waals surface area contributed by atoms with E-state index in [4.69, 9.17) is 10.5 Å². The van der Waals surface area contributed by atoms with Crippen LogP contribution in [0, 0.1) is 0 Å². The number of fused-ring (bicyclic) bond motifs is 1. The van der Waals surface area contributed by atoms with Gasteiger partial charge in [-0.2, -0.15) is 0 Å². The van der Waals surface area contributed by atoms with Crippen LogP contribution in [-0.4, -0.2) is 21.6 Å². The van der Waals surface area contributed by atoms with E-state index in [0.29, 0.717) is 22.5 Å². The molecule has 5 aromatic rings. The molecule has 0 aliphatic rings. The van der Waals surface area contributed by atoms with Crippen LogP contribution >= 0.6 is 11.9 Å². The highest BCUT2D eigenvalue weighted by Crippen LogP contribution is 2.34. The Balaban J connectivity index is 1.50. The van der Waals surface area contributed by atoms with Crippen molar-refractivity contribution in [2.45, 2.75) is 31.1 Å². The summed E-state index contributed by atoms with van der Waals surface area (Å²) in [6.45, 7) is 6.59. The van der Waals surface area contributed by atoms with Gasteiger partial charge >= 0.3 is 0 Å². The summed E-state index contributed by atoms with van der Waals surface area (Å²) in [6, 6.07) is 25.2. The van der Waals surface area contributed by atoms with Crippen molar-refractivity contribution < 1.29 is 4.74 Å². The van der Waals surface area contributed by atoms with Crippen molar-refractivity contribution in [3.8, 4) is 22.7 Å². The van der Waals surface area contributed by atoms with Crippen LogP contribution in [0.5, 0.6) is 5.88 Å². The number of methoxy groups -OCH3 is 1. The van der Waals surface area contributed by atoms with E-state index in [2.05, 4.69) is 59.7 Å². The van der Waals surface area contributed by atoms with Crippen molar-refractivity contribution in [3.63, 3.8) is 0 Å². The van der Waals surface area contributed by atoms with Crippen LogP contribution in [0.4, 0.5) is 11.6 Å². The minimum absolute atomic E-state index is 0.0599. The van der Waals surface area contributed by atoms with Gasteiger partial charge in [0.15, 0.2) is 0 Å². The molecule has 3 N–H and O–H groups in total. The number of nitrogens with zero attached hydrogens (tertiary/aromatic N) is 3. The molecule has 38 heavy (non-hydrogen) atoms. The van der Waals surface area contributed by atoms with Crippen molar-refractivity contribution in [2.75, 3.05) is 17.6 Å². The van der Waals surface area contributed by atoms with E-state index < -0.39 is 0 Å². The SMILES string of the molecule is COc1ncc(-c2ccc3nc(N)n(-c4ccccc4)c(=O)c3c2)cc1NSc1cccc(C(C)(C)C)c1. The van der Waals surface area contributed by atoms with E-state index >= 15 is 0 Å². The van der Waals surface area contributed by atoms with Gasteiger partial charge in [0.1, 0.15) is 5.69 Å². The molecule has 0 amide bonds. The van der Waals surface area contributed by atoms with E-state index in [1.807, 2.05) is 54.6 Å². The maximum atomic E-state index is 13.4. The highest BCUT2D eigenvalue weighted by Gasteiger charge is 2.15. The summed E-state index contributed by atoms with van der Waals surface area (Å²) >= 11 is 1.50. The van der Waals surface area contributed by atoms with Gasteiger partial charge in [-0.25, -0.2) is 14.5 Å². The van der Waals surface area contributed by atoms with E-state index in [-0.39, 0.29) is 16.9 Å². The minimum Gasteiger partial charge on any atom is -0.480 e. The largest absolute Gasteiger partial charge is 0.480 e. The lowest BCUT2D eigenvalue weighted by Crippen LogP contribution is -2.23. The summed E-state index contributed by atoms with van der Waals surface area (Å²) in [5, 5.41) is 0.472. The Hall–Kier alpha value is -4.30. The Kier molecular flexibility index (Phi) is 6.82. The number of pyridine rings is 1. The number of hydrogen-bond donors (Lipinski definition) is 2. The maximum absolute atomic E-state index is 13.4. The highest BCUT2D eigenvalue weighted by atomic mass is 32.2. The molecule has 0 atom stereocenters. The molecule has 2 heterocycles. The van der Waals surface area contributed by atoms with Crippen molar-refractivity contribution in [3.05, 3.63) is 101 Å². The molecule has 0 saturated heterocycles. The Morgan fingerprint density at radius 3 is 2.47 bits per heavy atom. The number of anilines is 2. The average molecular weight is 524 g/mol. The smallest absolute Gasteiger partial charge is 0.267 e. The Labute approximate surface area is 225 Å². The molecule has 7 nitrogen and oxygen atoms in total. The van der Waals surface area contributed by atoms with E-state index in [0.717, 1.165) is 21.7 Å². The third-order valence-corrected chi connectivity index (χ3v) is 7.08. The standard InChI is InChI=1S/C30H29N5O2S/c1-30(2,3)21-9-8-12-23(17-21)38-34-26-16-20(18-32-27(26)37-4)19-13-14-25-24(15-19)28(36)35(29(31)33-25)22-10-6-5-7-11-22/h5-18,34H,1-4H3,(H2,31,33). The first kappa shape index (κ1) is 25.4.